The number of hydrogen-bond acceptors (Lipinski definition) is 3. The van der Waals surface area contributed by atoms with Crippen molar-refractivity contribution in [3.8, 4) is 5.75 Å². The molecule has 4 heteroatoms. The normalized spacial score (nSPS) is 10.7. The molecule has 0 unspecified atom stereocenters. The average Bonchev–Trinajstić information content (AvgIpc) is 2.57. The van der Waals surface area contributed by atoms with E-state index in [1.807, 2.05) is 12.1 Å². The van der Waals surface area contributed by atoms with Crippen LogP contribution >= 0.6 is 0 Å². The Morgan fingerprint density at radius 3 is 2.67 bits per heavy atom. The highest BCUT2D eigenvalue weighted by atomic mass is 16.5. The first-order valence-electron chi connectivity index (χ1n) is 9.36. The molecule has 0 heterocycles. The zero-order valence-corrected chi connectivity index (χ0v) is 15.1. The van der Waals surface area contributed by atoms with E-state index in [0.717, 1.165) is 38.2 Å². The van der Waals surface area contributed by atoms with Crippen LogP contribution in [-0.4, -0.2) is 30.8 Å². The zero-order chi connectivity index (χ0) is 17.5. The maximum atomic E-state index is 10.4. The Bertz CT molecular complexity index is 448. The quantitative estimate of drug-likeness (QED) is 0.466. The third kappa shape index (κ3) is 11.1. The van der Waals surface area contributed by atoms with Crippen molar-refractivity contribution in [1.82, 2.24) is 5.32 Å². The molecule has 0 bridgehead atoms. The molecule has 2 N–H and O–H groups in total. The average molecular weight is 335 g/mol. The fraction of sp³-hybridized carbons (Fsp3) is 0.650. The summed E-state index contributed by atoms with van der Waals surface area (Å²) in [5, 5.41) is 11.7. The molecular weight excluding hydrogens is 302 g/mol. The van der Waals surface area contributed by atoms with Gasteiger partial charge in [-0.05, 0) is 43.5 Å². The van der Waals surface area contributed by atoms with Crippen LogP contribution in [0.5, 0.6) is 5.75 Å². The summed E-state index contributed by atoms with van der Waals surface area (Å²) >= 11 is 0. The van der Waals surface area contributed by atoms with Crippen molar-refractivity contribution in [2.24, 2.45) is 0 Å². The third-order valence-electron chi connectivity index (χ3n) is 4.00. The molecular formula is C20H33NO3. The summed E-state index contributed by atoms with van der Waals surface area (Å²) in [6.45, 7) is 4.42. The number of aliphatic carboxylic acids is 1. The predicted octanol–water partition coefficient (Wildman–Crippen LogP) is 4.42. The van der Waals surface area contributed by atoms with Crippen LogP contribution in [0.4, 0.5) is 0 Å². The molecule has 0 aliphatic carbocycles. The Labute approximate surface area is 146 Å². The van der Waals surface area contributed by atoms with Crippen molar-refractivity contribution in [3.63, 3.8) is 0 Å². The van der Waals surface area contributed by atoms with Crippen molar-refractivity contribution in [1.29, 1.82) is 0 Å². The number of nitrogens with one attached hydrogen (secondary N) is 1. The van der Waals surface area contributed by atoms with E-state index in [4.69, 9.17) is 9.84 Å². The number of unbranched alkanes of at least 4 members (excludes halogenated alkanes) is 5. The van der Waals surface area contributed by atoms with Crippen LogP contribution in [0.25, 0.3) is 0 Å². The first kappa shape index (κ1) is 20.5. The molecule has 0 fully saturated rings. The van der Waals surface area contributed by atoms with Crippen LogP contribution in [0.3, 0.4) is 0 Å². The zero-order valence-electron chi connectivity index (χ0n) is 15.1. The molecule has 136 valence electrons. The lowest BCUT2D eigenvalue weighted by atomic mass is 10.1. The van der Waals surface area contributed by atoms with Gasteiger partial charge in [0.1, 0.15) is 5.75 Å². The molecule has 0 saturated heterocycles. The molecule has 0 saturated carbocycles. The number of carboxylic acid groups (broad SMARTS) is 1. The van der Waals surface area contributed by atoms with Crippen LogP contribution in [0, 0.1) is 0 Å². The van der Waals surface area contributed by atoms with Gasteiger partial charge < -0.3 is 15.2 Å². The molecule has 0 atom stereocenters. The van der Waals surface area contributed by atoms with Gasteiger partial charge in [-0.25, -0.2) is 0 Å². The number of benzene rings is 1. The Hall–Kier alpha value is -1.55. The molecule has 1 aromatic carbocycles. The van der Waals surface area contributed by atoms with E-state index in [9.17, 15) is 4.79 Å². The van der Waals surface area contributed by atoms with Gasteiger partial charge in [-0.2, -0.15) is 0 Å². The molecule has 1 rings (SSSR count). The number of rotatable bonds is 15. The van der Waals surface area contributed by atoms with E-state index in [-0.39, 0.29) is 6.42 Å². The minimum Gasteiger partial charge on any atom is -0.494 e. The van der Waals surface area contributed by atoms with Crippen LogP contribution in [0.1, 0.15) is 63.9 Å². The topological polar surface area (TPSA) is 58.6 Å². The second kappa shape index (κ2) is 13.8. The Morgan fingerprint density at radius 2 is 1.88 bits per heavy atom. The predicted molar refractivity (Wildman–Crippen MR) is 98.8 cm³/mol. The first-order valence-corrected chi connectivity index (χ1v) is 9.36. The molecule has 0 aromatic heterocycles. The lowest BCUT2D eigenvalue weighted by molar-refractivity contribution is -0.136. The number of aryl methyl sites for hydroxylation is 1. The van der Waals surface area contributed by atoms with Gasteiger partial charge in [0.2, 0.25) is 0 Å². The van der Waals surface area contributed by atoms with Crippen LogP contribution in [-0.2, 0) is 11.2 Å². The van der Waals surface area contributed by atoms with Crippen molar-refractivity contribution in [2.45, 2.75) is 64.7 Å². The van der Waals surface area contributed by atoms with Crippen molar-refractivity contribution >= 4 is 5.97 Å². The molecule has 1 aromatic rings. The maximum absolute atomic E-state index is 10.4. The van der Waals surface area contributed by atoms with E-state index in [2.05, 4.69) is 24.4 Å². The van der Waals surface area contributed by atoms with Crippen molar-refractivity contribution in [3.05, 3.63) is 29.8 Å². The molecule has 0 radical (unpaired) electrons. The number of carboxylic acids is 1. The van der Waals surface area contributed by atoms with E-state index in [0.29, 0.717) is 6.54 Å². The molecule has 0 aliphatic heterocycles. The molecule has 0 aliphatic rings. The summed E-state index contributed by atoms with van der Waals surface area (Å²) in [6, 6.07) is 8.30. The second-order valence-electron chi connectivity index (χ2n) is 6.26. The van der Waals surface area contributed by atoms with E-state index >= 15 is 0 Å². The standard InChI is InChI=1S/C20H33NO3/c1-2-3-4-5-6-7-16-24-19-12-8-10-18(17-19)11-9-14-21-15-13-20(22)23/h8,10,12,17,21H,2-7,9,11,13-16H2,1H3,(H,22,23). The summed E-state index contributed by atoms with van der Waals surface area (Å²) in [6.07, 6.45) is 9.82. The number of ether oxygens (including phenoxy) is 1. The Balaban J connectivity index is 2.11. The largest absolute Gasteiger partial charge is 0.494 e. The highest BCUT2D eigenvalue weighted by Gasteiger charge is 1.99. The van der Waals surface area contributed by atoms with Crippen molar-refractivity contribution < 1.29 is 14.6 Å². The summed E-state index contributed by atoms with van der Waals surface area (Å²) < 4.78 is 5.84. The maximum Gasteiger partial charge on any atom is 0.304 e. The van der Waals surface area contributed by atoms with Crippen LogP contribution < -0.4 is 10.1 Å². The van der Waals surface area contributed by atoms with E-state index in [1.165, 1.54) is 37.7 Å². The summed E-state index contributed by atoms with van der Waals surface area (Å²) in [5.74, 6) is 0.206. The van der Waals surface area contributed by atoms with Crippen LogP contribution in [0.2, 0.25) is 0 Å². The van der Waals surface area contributed by atoms with Gasteiger partial charge in [-0.1, -0.05) is 51.2 Å². The minimum atomic E-state index is -0.752. The second-order valence-corrected chi connectivity index (χ2v) is 6.26. The first-order chi connectivity index (χ1) is 11.7. The highest BCUT2D eigenvalue weighted by Crippen LogP contribution is 2.15. The molecule has 0 spiro atoms. The van der Waals surface area contributed by atoms with Gasteiger partial charge in [0.15, 0.2) is 0 Å². The fourth-order valence-electron chi connectivity index (χ4n) is 2.60. The smallest absolute Gasteiger partial charge is 0.304 e. The summed E-state index contributed by atoms with van der Waals surface area (Å²) in [4.78, 5) is 10.4. The van der Waals surface area contributed by atoms with Gasteiger partial charge in [0.25, 0.3) is 0 Å². The van der Waals surface area contributed by atoms with Gasteiger partial charge in [-0.3, -0.25) is 4.79 Å². The molecule has 4 nitrogen and oxygen atoms in total. The minimum absolute atomic E-state index is 0.182. The van der Waals surface area contributed by atoms with Gasteiger partial charge in [0, 0.05) is 6.54 Å². The number of hydrogen-bond donors (Lipinski definition) is 2. The lowest BCUT2D eigenvalue weighted by Gasteiger charge is -2.08. The van der Waals surface area contributed by atoms with Gasteiger partial charge >= 0.3 is 5.97 Å². The molecule has 0 amide bonds. The summed E-state index contributed by atoms with van der Waals surface area (Å²) in [5.41, 5.74) is 1.27. The lowest BCUT2D eigenvalue weighted by Crippen LogP contribution is -2.19. The Morgan fingerprint density at radius 1 is 1.08 bits per heavy atom. The Kier molecular flexibility index (Phi) is 11.8. The number of carbonyl (C=O) groups is 1. The third-order valence-corrected chi connectivity index (χ3v) is 4.00. The SMILES string of the molecule is CCCCCCCCOc1cccc(CCCNCCC(=O)O)c1. The van der Waals surface area contributed by atoms with Crippen molar-refractivity contribution in [2.75, 3.05) is 19.7 Å². The fourth-order valence-corrected chi connectivity index (χ4v) is 2.60. The summed E-state index contributed by atoms with van der Waals surface area (Å²) in [7, 11) is 0. The van der Waals surface area contributed by atoms with E-state index < -0.39 is 5.97 Å². The van der Waals surface area contributed by atoms with E-state index in [1.54, 1.807) is 0 Å². The molecule has 24 heavy (non-hydrogen) atoms. The van der Waals surface area contributed by atoms with Gasteiger partial charge in [0.05, 0.1) is 13.0 Å². The van der Waals surface area contributed by atoms with Gasteiger partial charge in [-0.15, -0.1) is 0 Å². The highest BCUT2D eigenvalue weighted by molar-refractivity contribution is 5.66. The monoisotopic (exact) mass is 335 g/mol. The van der Waals surface area contributed by atoms with Crippen LogP contribution in [0.15, 0.2) is 24.3 Å².